The molecule has 0 saturated carbocycles. The van der Waals surface area contributed by atoms with Crippen molar-refractivity contribution in [2.75, 3.05) is 0 Å². The van der Waals surface area contributed by atoms with Gasteiger partial charge in [0.2, 0.25) is 0 Å². The van der Waals surface area contributed by atoms with Gasteiger partial charge in [-0.25, -0.2) is 15.0 Å². The Labute approximate surface area is 107 Å². The van der Waals surface area contributed by atoms with Gasteiger partial charge in [0, 0.05) is 5.56 Å². The molecule has 0 amide bonds. The lowest BCUT2D eigenvalue weighted by molar-refractivity contribution is 1.20. The van der Waals surface area contributed by atoms with E-state index in [1.165, 1.54) is 6.33 Å². The molecule has 0 unspecified atom stereocenters. The second-order valence-corrected chi connectivity index (χ2v) is 4.06. The fourth-order valence-corrected chi connectivity index (χ4v) is 1.87. The van der Waals surface area contributed by atoms with Crippen molar-refractivity contribution in [2.24, 2.45) is 0 Å². The first-order chi connectivity index (χ1) is 8.78. The van der Waals surface area contributed by atoms with E-state index >= 15 is 0 Å². The second kappa shape index (κ2) is 4.09. The van der Waals surface area contributed by atoms with E-state index in [9.17, 15) is 0 Å². The molecule has 5 nitrogen and oxygen atoms in total. The molecule has 86 valence electrons. The molecule has 18 heavy (non-hydrogen) atoms. The Kier molecular flexibility index (Phi) is 2.43. The third kappa shape index (κ3) is 1.69. The van der Waals surface area contributed by atoms with E-state index in [1.807, 2.05) is 6.07 Å². The van der Waals surface area contributed by atoms with Crippen LogP contribution in [0.15, 0.2) is 30.7 Å². The lowest BCUT2D eigenvalue weighted by Crippen LogP contribution is -1.83. The summed E-state index contributed by atoms with van der Waals surface area (Å²) in [7, 11) is 0. The first-order valence-electron chi connectivity index (χ1n) is 5.13. The van der Waals surface area contributed by atoms with E-state index in [0.717, 1.165) is 11.1 Å². The Morgan fingerprint density at radius 3 is 2.94 bits per heavy atom. The third-order valence-electron chi connectivity index (χ3n) is 2.52. The highest BCUT2D eigenvalue weighted by Crippen LogP contribution is 2.24. The van der Waals surface area contributed by atoms with E-state index < -0.39 is 0 Å². The first kappa shape index (κ1) is 10.7. The molecule has 0 radical (unpaired) electrons. The molecule has 1 N–H and O–H groups in total. The number of hydrogen-bond donors (Lipinski definition) is 1. The highest BCUT2D eigenvalue weighted by Gasteiger charge is 2.08. The summed E-state index contributed by atoms with van der Waals surface area (Å²) in [6.07, 6.45) is 3.10. The number of nitrogens with zero attached hydrogens (tertiary/aromatic N) is 4. The fourth-order valence-electron chi connectivity index (χ4n) is 1.65. The number of fused-ring (bicyclic) bond motifs is 1. The maximum Gasteiger partial charge on any atom is 0.181 e. The summed E-state index contributed by atoms with van der Waals surface area (Å²) in [6.45, 7) is 0. The number of H-pyrrole nitrogens is 1. The normalized spacial score (nSPS) is 10.4. The Hall–Kier alpha value is -2.45. The zero-order valence-corrected chi connectivity index (χ0v) is 9.81. The summed E-state index contributed by atoms with van der Waals surface area (Å²) in [5, 5.41) is 9.22. The Morgan fingerprint density at radius 2 is 2.22 bits per heavy atom. The number of imidazole rings is 1. The van der Waals surface area contributed by atoms with Gasteiger partial charge in [0.1, 0.15) is 23.7 Å². The number of aromatic nitrogens is 4. The quantitative estimate of drug-likeness (QED) is 0.725. The van der Waals surface area contributed by atoms with Gasteiger partial charge in [0.25, 0.3) is 0 Å². The molecule has 3 aromatic rings. The molecule has 6 heteroatoms. The first-order valence-corrected chi connectivity index (χ1v) is 5.51. The SMILES string of the molecule is N#Cc1ccc(-c2nc3ncncc3[nH]2)cc1Cl. The Bertz CT molecular complexity index is 738. The largest absolute Gasteiger partial charge is 0.335 e. The molecule has 0 fully saturated rings. The summed E-state index contributed by atoms with van der Waals surface area (Å²) >= 11 is 5.99. The molecule has 0 aliphatic rings. The van der Waals surface area contributed by atoms with E-state index in [2.05, 4.69) is 19.9 Å². The monoisotopic (exact) mass is 255 g/mol. The van der Waals surface area contributed by atoms with Crippen LogP contribution in [0.3, 0.4) is 0 Å². The summed E-state index contributed by atoms with van der Waals surface area (Å²) in [4.78, 5) is 15.4. The van der Waals surface area contributed by atoms with Gasteiger partial charge in [0.15, 0.2) is 5.65 Å². The number of halogens is 1. The minimum atomic E-state index is 0.404. The zero-order chi connectivity index (χ0) is 12.5. The van der Waals surface area contributed by atoms with Crippen molar-refractivity contribution in [3.8, 4) is 17.5 Å². The van der Waals surface area contributed by atoms with Crippen molar-refractivity contribution in [3.05, 3.63) is 41.3 Å². The standard InChI is InChI=1S/C12H6ClN5/c13-9-3-7(1-2-8(9)4-14)11-17-10-5-15-6-16-12(10)18-11/h1-3,5-6H,(H,15,16,17,18). The lowest BCUT2D eigenvalue weighted by atomic mass is 10.1. The molecule has 0 bridgehead atoms. The molecular formula is C12H6ClN5. The predicted molar refractivity (Wildman–Crippen MR) is 66.8 cm³/mol. The van der Waals surface area contributed by atoms with Crippen LogP contribution in [0.1, 0.15) is 5.56 Å². The Morgan fingerprint density at radius 1 is 1.33 bits per heavy atom. The average molecular weight is 256 g/mol. The number of aromatic amines is 1. The van der Waals surface area contributed by atoms with Crippen molar-refractivity contribution in [3.63, 3.8) is 0 Å². The number of nitriles is 1. The summed E-state index contributed by atoms with van der Waals surface area (Å²) in [6, 6.07) is 7.17. The molecule has 3 rings (SSSR count). The number of benzene rings is 1. The van der Waals surface area contributed by atoms with Crippen molar-refractivity contribution >= 4 is 22.8 Å². The van der Waals surface area contributed by atoms with Crippen LogP contribution in [-0.2, 0) is 0 Å². The lowest BCUT2D eigenvalue weighted by Gasteiger charge is -1.98. The van der Waals surface area contributed by atoms with Crippen LogP contribution in [0.2, 0.25) is 5.02 Å². The van der Waals surface area contributed by atoms with Crippen LogP contribution in [0.4, 0.5) is 0 Å². The van der Waals surface area contributed by atoms with Crippen LogP contribution < -0.4 is 0 Å². The predicted octanol–water partition coefficient (Wildman–Crippen LogP) is 2.54. The number of nitrogens with one attached hydrogen (secondary N) is 1. The number of rotatable bonds is 1. The van der Waals surface area contributed by atoms with Crippen LogP contribution in [-0.4, -0.2) is 19.9 Å². The molecular weight excluding hydrogens is 250 g/mol. The molecule has 0 spiro atoms. The fraction of sp³-hybridized carbons (Fsp3) is 0. The maximum atomic E-state index is 8.82. The van der Waals surface area contributed by atoms with Gasteiger partial charge in [-0.15, -0.1) is 0 Å². The molecule has 0 aliphatic carbocycles. The highest BCUT2D eigenvalue weighted by atomic mass is 35.5. The summed E-state index contributed by atoms with van der Waals surface area (Å²) in [5.41, 5.74) is 2.60. The van der Waals surface area contributed by atoms with Crippen molar-refractivity contribution in [1.29, 1.82) is 5.26 Å². The van der Waals surface area contributed by atoms with Crippen LogP contribution >= 0.6 is 11.6 Å². The van der Waals surface area contributed by atoms with Crippen LogP contribution in [0, 0.1) is 11.3 Å². The number of hydrogen-bond acceptors (Lipinski definition) is 4. The minimum Gasteiger partial charge on any atom is -0.335 e. The smallest absolute Gasteiger partial charge is 0.181 e. The second-order valence-electron chi connectivity index (χ2n) is 3.65. The minimum absolute atomic E-state index is 0.404. The summed E-state index contributed by atoms with van der Waals surface area (Å²) in [5.74, 6) is 0.650. The summed E-state index contributed by atoms with van der Waals surface area (Å²) < 4.78 is 0. The third-order valence-corrected chi connectivity index (χ3v) is 2.84. The van der Waals surface area contributed by atoms with Gasteiger partial charge in [-0.3, -0.25) is 0 Å². The zero-order valence-electron chi connectivity index (χ0n) is 9.05. The molecule has 2 aromatic heterocycles. The van der Waals surface area contributed by atoms with Gasteiger partial charge in [-0.05, 0) is 18.2 Å². The molecule has 0 atom stereocenters. The van der Waals surface area contributed by atoms with Crippen molar-refractivity contribution < 1.29 is 0 Å². The van der Waals surface area contributed by atoms with Gasteiger partial charge in [-0.2, -0.15) is 5.26 Å². The van der Waals surface area contributed by atoms with Gasteiger partial charge in [-0.1, -0.05) is 11.6 Å². The van der Waals surface area contributed by atoms with E-state index in [1.54, 1.807) is 24.4 Å². The topological polar surface area (TPSA) is 78.2 Å². The molecule has 0 saturated heterocycles. The molecule has 0 aliphatic heterocycles. The highest BCUT2D eigenvalue weighted by molar-refractivity contribution is 6.32. The van der Waals surface area contributed by atoms with Crippen LogP contribution in [0.25, 0.3) is 22.6 Å². The molecule has 1 aromatic carbocycles. The van der Waals surface area contributed by atoms with E-state index in [0.29, 0.717) is 22.1 Å². The van der Waals surface area contributed by atoms with Crippen LogP contribution in [0.5, 0.6) is 0 Å². The van der Waals surface area contributed by atoms with Gasteiger partial charge < -0.3 is 4.98 Å². The average Bonchev–Trinajstić information content (AvgIpc) is 2.82. The van der Waals surface area contributed by atoms with Crippen molar-refractivity contribution in [1.82, 2.24) is 19.9 Å². The van der Waals surface area contributed by atoms with Gasteiger partial charge >= 0.3 is 0 Å². The van der Waals surface area contributed by atoms with Gasteiger partial charge in [0.05, 0.1) is 16.8 Å². The maximum absolute atomic E-state index is 8.82. The van der Waals surface area contributed by atoms with E-state index in [4.69, 9.17) is 16.9 Å². The Balaban J connectivity index is 2.15. The molecule has 2 heterocycles. The van der Waals surface area contributed by atoms with Crippen molar-refractivity contribution in [2.45, 2.75) is 0 Å². The van der Waals surface area contributed by atoms with E-state index in [-0.39, 0.29) is 0 Å².